The van der Waals surface area contributed by atoms with Crippen LogP contribution in [0.3, 0.4) is 0 Å². The van der Waals surface area contributed by atoms with Crippen LogP contribution in [0, 0.1) is 18.8 Å². The van der Waals surface area contributed by atoms with Crippen molar-refractivity contribution in [1.29, 1.82) is 0 Å². The number of nitrogens with one attached hydrogen (secondary N) is 1. The van der Waals surface area contributed by atoms with Crippen LogP contribution in [0.2, 0.25) is 0 Å². The maximum Gasteiger partial charge on any atom is 0.336 e. The molecule has 1 N–H and O–H groups in total. The first kappa shape index (κ1) is 25.2. The minimum Gasteiger partial charge on any atom is -0.490 e. The SMILES string of the molecule is COC(=O)[C@@H]1C(=O)C2=C(C[C@@H]1C)NC(C)=C(C(=O)OCCOc1ccccc1)[C@H]2c1ccccc1C. The number of hydrogen-bond donors (Lipinski definition) is 1. The Morgan fingerprint density at radius 1 is 1.00 bits per heavy atom. The van der Waals surface area contributed by atoms with E-state index in [9.17, 15) is 14.4 Å². The highest BCUT2D eigenvalue weighted by molar-refractivity contribution is 6.12. The maximum atomic E-state index is 13.8. The first-order valence-corrected chi connectivity index (χ1v) is 12.1. The first-order valence-electron chi connectivity index (χ1n) is 12.1. The van der Waals surface area contributed by atoms with Gasteiger partial charge in [-0.25, -0.2) is 4.79 Å². The monoisotopic (exact) mass is 489 g/mol. The largest absolute Gasteiger partial charge is 0.490 e. The van der Waals surface area contributed by atoms with Crippen molar-refractivity contribution in [1.82, 2.24) is 5.32 Å². The third-order valence-corrected chi connectivity index (χ3v) is 6.79. The molecule has 7 heteroatoms. The number of Topliss-reactive ketones (excluding diaryl/α,β-unsaturated/α-hetero) is 1. The van der Waals surface area contributed by atoms with E-state index in [0.29, 0.717) is 29.0 Å². The van der Waals surface area contributed by atoms with Crippen LogP contribution in [0.25, 0.3) is 0 Å². The third kappa shape index (κ3) is 4.91. The molecule has 0 bridgehead atoms. The van der Waals surface area contributed by atoms with Crippen LogP contribution in [0.1, 0.15) is 37.3 Å². The van der Waals surface area contributed by atoms with Crippen molar-refractivity contribution in [2.75, 3.05) is 20.3 Å². The van der Waals surface area contributed by atoms with Crippen LogP contribution in [0.15, 0.2) is 77.1 Å². The van der Waals surface area contributed by atoms with Crippen molar-refractivity contribution in [3.63, 3.8) is 0 Å². The van der Waals surface area contributed by atoms with Crippen molar-refractivity contribution < 1.29 is 28.6 Å². The normalized spacial score (nSPS) is 21.4. The summed E-state index contributed by atoms with van der Waals surface area (Å²) >= 11 is 0. The molecule has 0 fully saturated rings. The molecule has 3 atom stereocenters. The fourth-order valence-electron chi connectivity index (χ4n) is 5.06. The summed E-state index contributed by atoms with van der Waals surface area (Å²) in [5.41, 5.74) is 3.91. The van der Waals surface area contributed by atoms with Crippen molar-refractivity contribution in [2.45, 2.75) is 33.1 Å². The van der Waals surface area contributed by atoms with Gasteiger partial charge in [0.05, 0.1) is 12.7 Å². The fourth-order valence-corrected chi connectivity index (χ4v) is 5.06. The Labute approximate surface area is 211 Å². The van der Waals surface area contributed by atoms with E-state index in [4.69, 9.17) is 14.2 Å². The van der Waals surface area contributed by atoms with E-state index in [2.05, 4.69) is 5.32 Å². The fraction of sp³-hybridized carbons (Fsp3) is 0.345. The Morgan fingerprint density at radius 2 is 1.69 bits per heavy atom. The molecule has 188 valence electrons. The number of carbonyl (C=O) groups excluding carboxylic acids is 3. The summed E-state index contributed by atoms with van der Waals surface area (Å²) < 4.78 is 16.2. The summed E-state index contributed by atoms with van der Waals surface area (Å²) in [5, 5.41) is 3.28. The number of dihydropyridines is 1. The van der Waals surface area contributed by atoms with Gasteiger partial charge in [-0.15, -0.1) is 0 Å². The Hall–Kier alpha value is -3.87. The second-order valence-corrected chi connectivity index (χ2v) is 9.19. The van der Waals surface area contributed by atoms with Crippen molar-refractivity contribution >= 4 is 17.7 Å². The van der Waals surface area contributed by atoms with Gasteiger partial charge in [-0.2, -0.15) is 0 Å². The number of ether oxygens (including phenoxy) is 3. The Bertz CT molecular complexity index is 1230. The predicted molar refractivity (Wildman–Crippen MR) is 134 cm³/mol. The van der Waals surface area contributed by atoms with Gasteiger partial charge in [0.2, 0.25) is 0 Å². The van der Waals surface area contributed by atoms with Gasteiger partial charge in [0.25, 0.3) is 0 Å². The zero-order valence-corrected chi connectivity index (χ0v) is 21.0. The van der Waals surface area contributed by atoms with E-state index >= 15 is 0 Å². The number of aryl methyl sites for hydroxylation is 1. The Morgan fingerprint density at radius 3 is 2.39 bits per heavy atom. The van der Waals surface area contributed by atoms with Gasteiger partial charge in [0.15, 0.2) is 5.78 Å². The summed E-state index contributed by atoms with van der Waals surface area (Å²) in [4.78, 5) is 39.7. The highest BCUT2D eigenvalue weighted by Crippen LogP contribution is 2.46. The molecule has 1 aliphatic carbocycles. The molecule has 0 unspecified atom stereocenters. The lowest BCUT2D eigenvalue weighted by Crippen LogP contribution is -2.43. The van der Waals surface area contributed by atoms with Gasteiger partial charge in [-0.1, -0.05) is 49.4 Å². The Balaban J connectivity index is 1.65. The first-order chi connectivity index (χ1) is 17.3. The zero-order valence-electron chi connectivity index (χ0n) is 21.0. The Kier molecular flexibility index (Phi) is 7.58. The van der Waals surface area contributed by atoms with E-state index < -0.39 is 23.8 Å². The van der Waals surface area contributed by atoms with Crippen LogP contribution in [0.5, 0.6) is 5.75 Å². The lowest BCUT2D eigenvalue weighted by atomic mass is 9.68. The van der Waals surface area contributed by atoms with Crippen LogP contribution in [-0.2, 0) is 23.9 Å². The zero-order chi connectivity index (χ0) is 25.8. The summed E-state index contributed by atoms with van der Waals surface area (Å²) in [7, 11) is 1.29. The number of methoxy groups -OCH3 is 1. The lowest BCUT2D eigenvalue weighted by Gasteiger charge is -2.38. The van der Waals surface area contributed by atoms with Gasteiger partial charge in [-0.3, -0.25) is 9.59 Å². The molecular formula is C29H31NO6. The molecule has 1 heterocycles. The van der Waals surface area contributed by atoms with E-state index in [1.165, 1.54) is 7.11 Å². The van der Waals surface area contributed by atoms with E-state index in [0.717, 1.165) is 16.8 Å². The predicted octanol–water partition coefficient (Wildman–Crippen LogP) is 4.23. The van der Waals surface area contributed by atoms with E-state index in [-0.39, 0.29) is 24.9 Å². The minimum atomic E-state index is -0.919. The van der Waals surface area contributed by atoms with Crippen molar-refractivity contribution in [3.05, 3.63) is 88.3 Å². The van der Waals surface area contributed by atoms with Gasteiger partial charge < -0.3 is 19.5 Å². The van der Waals surface area contributed by atoms with Crippen molar-refractivity contribution in [2.24, 2.45) is 11.8 Å². The molecule has 0 amide bonds. The molecule has 0 saturated heterocycles. The second kappa shape index (κ2) is 10.8. The lowest BCUT2D eigenvalue weighted by molar-refractivity contribution is -0.151. The highest BCUT2D eigenvalue weighted by atomic mass is 16.6. The molecule has 0 saturated carbocycles. The van der Waals surface area contributed by atoms with Crippen LogP contribution in [0.4, 0.5) is 0 Å². The van der Waals surface area contributed by atoms with E-state index in [1.807, 2.05) is 75.4 Å². The van der Waals surface area contributed by atoms with Gasteiger partial charge in [0.1, 0.15) is 24.9 Å². The summed E-state index contributed by atoms with van der Waals surface area (Å²) in [6.45, 7) is 5.86. The molecule has 0 radical (unpaired) electrons. The molecule has 2 aromatic carbocycles. The smallest absolute Gasteiger partial charge is 0.336 e. The maximum absolute atomic E-state index is 13.8. The number of ketones is 1. The molecular weight excluding hydrogens is 458 g/mol. The molecule has 0 spiro atoms. The number of benzene rings is 2. The van der Waals surface area contributed by atoms with Gasteiger partial charge in [0, 0.05) is 22.9 Å². The molecule has 36 heavy (non-hydrogen) atoms. The third-order valence-electron chi connectivity index (χ3n) is 6.79. The number of allylic oxidation sites excluding steroid dienone is 3. The quantitative estimate of drug-likeness (QED) is 0.354. The standard InChI is InChI=1S/C29H31NO6/c1-17-10-8-9-13-21(17)25-24(29(33)36-15-14-35-20-11-6-5-7-12-20)19(3)30-22-16-18(2)23(28(32)34-4)27(31)26(22)25/h5-13,18,23,25,30H,14-16H2,1-4H3/t18-,23-,25+/m0/s1. The summed E-state index contributed by atoms with van der Waals surface area (Å²) in [6, 6.07) is 16.9. The molecule has 0 aromatic heterocycles. The van der Waals surface area contributed by atoms with Crippen LogP contribution < -0.4 is 10.1 Å². The highest BCUT2D eigenvalue weighted by Gasteiger charge is 2.47. The number of hydrogen-bond acceptors (Lipinski definition) is 7. The minimum absolute atomic E-state index is 0.0483. The molecule has 2 aromatic rings. The average molecular weight is 490 g/mol. The van der Waals surface area contributed by atoms with Crippen molar-refractivity contribution in [3.8, 4) is 5.75 Å². The molecule has 7 nitrogen and oxygen atoms in total. The molecule has 1 aliphatic heterocycles. The van der Waals surface area contributed by atoms with E-state index in [1.54, 1.807) is 0 Å². The van der Waals surface area contributed by atoms with Gasteiger partial charge >= 0.3 is 11.9 Å². The number of para-hydroxylation sites is 1. The van der Waals surface area contributed by atoms with Crippen LogP contribution >= 0.6 is 0 Å². The summed E-state index contributed by atoms with van der Waals surface area (Å²) in [5.74, 6) is -2.53. The number of rotatable bonds is 7. The summed E-state index contributed by atoms with van der Waals surface area (Å²) in [6.07, 6.45) is 0.494. The number of carbonyl (C=O) groups is 3. The topological polar surface area (TPSA) is 90.9 Å². The van der Waals surface area contributed by atoms with Crippen LogP contribution in [-0.4, -0.2) is 38.0 Å². The molecule has 4 rings (SSSR count). The average Bonchev–Trinajstić information content (AvgIpc) is 2.86. The second-order valence-electron chi connectivity index (χ2n) is 9.19. The molecule has 2 aliphatic rings. The number of esters is 2. The van der Waals surface area contributed by atoms with Gasteiger partial charge in [-0.05, 0) is 49.4 Å².